The van der Waals surface area contributed by atoms with Gasteiger partial charge in [0.05, 0.1) is 0 Å². The molecule has 0 aliphatic heterocycles. The van der Waals surface area contributed by atoms with Crippen molar-refractivity contribution in [3.63, 3.8) is 0 Å². The molecule has 2 rings (SSSR count). The fourth-order valence-electron chi connectivity index (χ4n) is 1.47. The van der Waals surface area contributed by atoms with Gasteiger partial charge in [-0.1, -0.05) is 19.1 Å². The minimum absolute atomic E-state index is 0.940. The van der Waals surface area contributed by atoms with E-state index in [0.717, 1.165) is 18.2 Å². The molecule has 0 aromatic heterocycles. The molecule has 0 atom stereocenters. The first kappa shape index (κ1) is 9.91. The summed E-state index contributed by atoms with van der Waals surface area (Å²) in [6.07, 6.45) is 2.83. The molecule has 1 N–H and O–H groups in total. The summed E-state index contributed by atoms with van der Waals surface area (Å²) < 4.78 is 0. The Morgan fingerprint density at radius 2 is 2.14 bits per heavy atom. The second-order valence-corrected chi connectivity index (χ2v) is 5.06. The summed E-state index contributed by atoms with van der Waals surface area (Å²) in [5.41, 5.74) is 1.31. The van der Waals surface area contributed by atoms with Gasteiger partial charge in [-0.05, 0) is 36.6 Å². The summed E-state index contributed by atoms with van der Waals surface area (Å²) in [4.78, 5) is 1.38. The standard InChI is InChI=1S/C12H17NS/c1-2-14-12-6-4-3-5-11(12)13-9-10-7-8-10/h3-6,10,13H,2,7-9H2,1H3. The molecular formula is C12H17NS. The summed E-state index contributed by atoms with van der Waals surface area (Å²) in [5, 5.41) is 3.54. The van der Waals surface area contributed by atoms with E-state index >= 15 is 0 Å². The van der Waals surface area contributed by atoms with Crippen molar-refractivity contribution in [2.24, 2.45) is 5.92 Å². The molecule has 0 saturated heterocycles. The van der Waals surface area contributed by atoms with Crippen LogP contribution in [-0.2, 0) is 0 Å². The number of rotatable bonds is 5. The summed E-state index contributed by atoms with van der Waals surface area (Å²) in [6, 6.07) is 8.60. The van der Waals surface area contributed by atoms with Crippen molar-refractivity contribution >= 4 is 17.4 Å². The van der Waals surface area contributed by atoms with Crippen LogP contribution in [0.15, 0.2) is 29.2 Å². The van der Waals surface area contributed by atoms with Crippen molar-refractivity contribution in [1.82, 2.24) is 0 Å². The van der Waals surface area contributed by atoms with Gasteiger partial charge in [-0.25, -0.2) is 0 Å². The van der Waals surface area contributed by atoms with Crippen molar-refractivity contribution in [1.29, 1.82) is 0 Å². The average molecular weight is 207 g/mol. The Morgan fingerprint density at radius 3 is 2.86 bits per heavy atom. The van der Waals surface area contributed by atoms with Crippen molar-refractivity contribution < 1.29 is 0 Å². The monoisotopic (exact) mass is 207 g/mol. The molecule has 0 amide bonds. The maximum Gasteiger partial charge on any atom is 0.0478 e. The van der Waals surface area contributed by atoms with Crippen LogP contribution < -0.4 is 5.32 Å². The Kier molecular flexibility index (Phi) is 3.35. The molecular weight excluding hydrogens is 190 g/mol. The molecule has 14 heavy (non-hydrogen) atoms. The number of anilines is 1. The smallest absolute Gasteiger partial charge is 0.0478 e. The van der Waals surface area contributed by atoms with E-state index in [4.69, 9.17) is 0 Å². The van der Waals surface area contributed by atoms with Gasteiger partial charge >= 0.3 is 0 Å². The highest BCUT2D eigenvalue weighted by Crippen LogP contribution is 2.31. The highest BCUT2D eigenvalue weighted by Gasteiger charge is 2.20. The van der Waals surface area contributed by atoms with Crippen LogP contribution in [0.4, 0.5) is 5.69 Å². The van der Waals surface area contributed by atoms with Gasteiger partial charge in [-0.3, -0.25) is 0 Å². The van der Waals surface area contributed by atoms with Crippen LogP contribution in [0.25, 0.3) is 0 Å². The van der Waals surface area contributed by atoms with Crippen LogP contribution in [0.1, 0.15) is 19.8 Å². The molecule has 1 aromatic carbocycles. The fourth-order valence-corrected chi connectivity index (χ4v) is 2.25. The fraction of sp³-hybridized carbons (Fsp3) is 0.500. The minimum atomic E-state index is 0.940. The van der Waals surface area contributed by atoms with Gasteiger partial charge in [0.15, 0.2) is 0 Å². The molecule has 76 valence electrons. The van der Waals surface area contributed by atoms with E-state index in [0.29, 0.717) is 0 Å². The van der Waals surface area contributed by atoms with Crippen LogP contribution >= 0.6 is 11.8 Å². The third kappa shape index (κ3) is 2.68. The van der Waals surface area contributed by atoms with Crippen LogP contribution in [0.5, 0.6) is 0 Å². The Labute approximate surface area is 90.3 Å². The first-order valence-corrected chi connectivity index (χ1v) is 6.34. The lowest BCUT2D eigenvalue weighted by molar-refractivity contribution is 0.886. The molecule has 2 heteroatoms. The van der Waals surface area contributed by atoms with E-state index < -0.39 is 0 Å². The van der Waals surface area contributed by atoms with E-state index in [1.54, 1.807) is 0 Å². The Bertz CT molecular complexity index is 294. The highest BCUT2D eigenvalue weighted by atomic mass is 32.2. The quantitative estimate of drug-likeness (QED) is 0.740. The van der Waals surface area contributed by atoms with Crippen molar-refractivity contribution in [2.75, 3.05) is 17.6 Å². The average Bonchev–Trinajstić information content (AvgIpc) is 3.01. The molecule has 1 fully saturated rings. The second kappa shape index (κ2) is 4.74. The molecule has 0 radical (unpaired) electrons. The molecule has 1 nitrogen and oxygen atoms in total. The third-order valence-electron chi connectivity index (χ3n) is 2.47. The molecule has 0 unspecified atom stereocenters. The van der Waals surface area contributed by atoms with E-state index in [1.807, 2.05) is 11.8 Å². The summed E-state index contributed by atoms with van der Waals surface area (Å²) in [7, 11) is 0. The van der Waals surface area contributed by atoms with Gasteiger partial charge in [-0.15, -0.1) is 11.8 Å². The third-order valence-corrected chi connectivity index (χ3v) is 3.42. The molecule has 1 saturated carbocycles. The first-order chi connectivity index (χ1) is 6.90. The Hall–Kier alpha value is -0.630. The van der Waals surface area contributed by atoms with E-state index in [-0.39, 0.29) is 0 Å². The number of nitrogens with one attached hydrogen (secondary N) is 1. The van der Waals surface area contributed by atoms with Gasteiger partial charge in [0.25, 0.3) is 0 Å². The zero-order chi connectivity index (χ0) is 9.80. The predicted molar refractivity (Wildman–Crippen MR) is 64.1 cm³/mol. The largest absolute Gasteiger partial charge is 0.384 e. The topological polar surface area (TPSA) is 12.0 Å². The molecule has 1 aliphatic rings. The van der Waals surface area contributed by atoms with Gasteiger partial charge < -0.3 is 5.32 Å². The zero-order valence-corrected chi connectivity index (χ0v) is 9.44. The first-order valence-electron chi connectivity index (χ1n) is 5.36. The number of hydrogen-bond acceptors (Lipinski definition) is 2. The van der Waals surface area contributed by atoms with E-state index in [2.05, 4.69) is 36.5 Å². The van der Waals surface area contributed by atoms with E-state index in [9.17, 15) is 0 Å². The van der Waals surface area contributed by atoms with Crippen LogP contribution in [0.3, 0.4) is 0 Å². The van der Waals surface area contributed by atoms with Crippen molar-refractivity contribution in [3.8, 4) is 0 Å². The lowest BCUT2D eigenvalue weighted by Crippen LogP contribution is -2.03. The van der Waals surface area contributed by atoms with Gasteiger partial charge in [0.1, 0.15) is 0 Å². The van der Waals surface area contributed by atoms with Gasteiger partial charge in [-0.2, -0.15) is 0 Å². The normalized spacial score (nSPS) is 15.5. The predicted octanol–water partition coefficient (Wildman–Crippen LogP) is 3.62. The van der Waals surface area contributed by atoms with Crippen LogP contribution in [0, 0.1) is 5.92 Å². The van der Waals surface area contributed by atoms with Crippen LogP contribution in [0.2, 0.25) is 0 Å². The molecule has 0 bridgehead atoms. The minimum Gasteiger partial charge on any atom is -0.384 e. The second-order valence-electron chi connectivity index (χ2n) is 3.75. The van der Waals surface area contributed by atoms with Crippen molar-refractivity contribution in [3.05, 3.63) is 24.3 Å². The molecule has 0 heterocycles. The maximum atomic E-state index is 3.54. The molecule has 1 aromatic rings. The Morgan fingerprint density at radius 1 is 1.36 bits per heavy atom. The van der Waals surface area contributed by atoms with E-state index in [1.165, 1.54) is 23.4 Å². The molecule has 0 spiro atoms. The number of benzene rings is 1. The molecule has 1 aliphatic carbocycles. The highest BCUT2D eigenvalue weighted by molar-refractivity contribution is 7.99. The number of thioether (sulfide) groups is 1. The zero-order valence-electron chi connectivity index (χ0n) is 8.62. The number of para-hydroxylation sites is 1. The van der Waals surface area contributed by atoms with Crippen LogP contribution in [-0.4, -0.2) is 12.3 Å². The summed E-state index contributed by atoms with van der Waals surface area (Å²) in [5.74, 6) is 2.08. The SMILES string of the molecule is CCSc1ccccc1NCC1CC1. The maximum absolute atomic E-state index is 3.54. The van der Waals surface area contributed by atoms with Gasteiger partial charge in [0.2, 0.25) is 0 Å². The lowest BCUT2D eigenvalue weighted by Gasteiger charge is -2.10. The Balaban J connectivity index is 1.97. The van der Waals surface area contributed by atoms with Gasteiger partial charge in [0, 0.05) is 17.1 Å². The summed E-state index contributed by atoms with van der Waals surface area (Å²) >= 11 is 1.91. The van der Waals surface area contributed by atoms with Crippen molar-refractivity contribution in [2.45, 2.75) is 24.7 Å². The summed E-state index contributed by atoms with van der Waals surface area (Å²) in [6.45, 7) is 3.35. The number of hydrogen-bond donors (Lipinski definition) is 1. The lowest BCUT2D eigenvalue weighted by atomic mass is 10.3.